The molecule has 4 rings (SSSR count). The Kier molecular flexibility index (Phi) is 5.65. The van der Waals surface area contributed by atoms with Crippen LogP contribution >= 0.6 is 0 Å². The lowest BCUT2D eigenvalue weighted by atomic mass is 9.95. The van der Waals surface area contributed by atoms with E-state index >= 15 is 0 Å². The molecule has 1 amide bonds. The van der Waals surface area contributed by atoms with E-state index in [2.05, 4.69) is 0 Å². The molecule has 0 radical (unpaired) electrons. The van der Waals surface area contributed by atoms with Crippen molar-refractivity contribution in [2.45, 2.75) is 6.04 Å². The molecule has 1 saturated heterocycles. The van der Waals surface area contributed by atoms with E-state index in [0.29, 0.717) is 42.4 Å². The standard InChI is InChI=1S/C23H23FN2O5/c1-25(2)8-9-26-20(14-4-3-5-16(24)12-14)19(22(28)23(26)29)21(27)15-6-7-17-18(13-15)31-11-10-30-17/h3-7,12-13,20,27H,8-11H2,1-2H3/b21-19+/t20-/m1/s1. The van der Waals surface area contributed by atoms with Crippen LogP contribution in [0.4, 0.5) is 4.39 Å². The van der Waals surface area contributed by atoms with E-state index in [4.69, 9.17) is 9.47 Å². The third-order valence-corrected chi connectivity index (χ3v) is 5.31. The zero-order valence-electron chi connectivity index (χ0n) is 17.3. The molecule has 2 aromatic carbocycles. The van der Waals surface area contributed by atoms with Gasteiger partial charge in [0.2, 0.25) is 0 Å². The maximum absolute atomic E-state index is 14.0. The molecule has 1 atom stereocenters. The minimum Gasteiger partial charge on any atom is -0.507 e. The third kappa shape index (κ3) is 3.98. The van der Waals surface area contributed by atoms with Gasteiger partial charge in [0.05, 0.1) is 11.6 Å². The highest BCUT2D eigenvalue weighted by atomic mass is 19.1. The fourth-order valence-corrected chi connectivity index (χ4v) is 3.79. The molecule has 7 nitrogen and oxygen atoms in total. The summed E-state index contributed by atoms with van der Waals surface area (Å²) in [5.41, 5.74) is 0.652. The van der Waals surface area contributed by atoms with Crippen LogP contribution in [0.1, 0.15) is 17.2 Å². The first-order chi connectivity index (χ1) is 14.9. The second kappa shape index (κ2) is 8.39. The fraction of sp³-hybridized carbons (Fsp3) is 0.304. The van der Waals surface area contributed by atoms with Gasteiger partial charge in [-0.3, -0.25) is 9.59 Å². The van der Waals surface area contributed by atoms with E-state index in [-0.39, 0.29) is 17.9 Å². The lowest BCUT2D eigenvalue weighted by Crippen LogP contribution is -2.35. The monoisotopic (exact) mass is 426 g/mol. The largest absolute Gasteiger partial charge is 0.507 e. The van der Waals surface area contributed by atoms with E-state index in [1.165, 1.54) is 23.1 Å². The zero-order valence-corrected chi connectivity index (χ0v) is 17.3. The second-order valence-electron chi connectivity index (χ2n) is 7.71. The van der Waals surface area contributed by atoms with Crippen molar-refractivity contribution in [3.63, 3.8) is 0 Å². The summed E-state index contributed by atoms with van der Waals surface area (Å²) in [6.45, 7) is 1.55. The van der Waals surface area contributed by atoms with Gasteiger partial charge in [-0.2, -0.15) is 0 Å². The Hall–Kier alpha value is -3.39. The van der Waals surface area contributed by atoms with E-state index in [1.54, 1.807) is 24.3 Å². The van der Waals surface area contributed by atoms with Crippen molar-refractivity contribution >= 4 is 17.4 Å². The number of hydrogen-bond donors (Lipinski definition) is 1. The molecule has 2 aliphatic rings. The number of aliphatic hydroxyl groups is 1. The molecule has 0 aliphatic carbocycles. The minimum atomic E-state index is -0.899. The summed E-state index contributed by atoms with van der Waals surface area (Å²) in [6.07, 6.45) is 0. The van der Waals surface area contributed by atoms with Gasteiger partial charge >= 0.3 is 0 Å². The maximum atomic E-state index is 14.0. The number of benzene rings is 2. The number of Topliss-reactive ketones (excluding diaryl/α,β-unsaturated/α-hetero) is 1. The van der Waals surface area contributed by atoms with Crippen LogP contribution in [0.15, 0.2) is 48.0 Å². The molecular weight excluding hydrogens is 403 g/mol. The number of carbonyl (C=O) groups is 2. The van der Waals surface area contributed by atoms with Crippen LogP contribution in [-0.2, 0) is 9.59 Å². The normalized spacial score (nSPS) is 19.9. The summed E-state index contributed by atoms with van der Waals surface area (Å²) in [5.74, 6) is -1.38. The Morgan fingerprint density at radius 2 is 1.87 bits per heavy atom. The number of nitrogens with zero attached hydrogens (tertiary/aromatic N) is 2. The number of carbonyl (C=O) groups excluding carboxylic acids is 2. The summed E-state index contributed by atoms with van der Waals surface area (Å²) < 4.78 is 25.1. The first-order valence-electron chi connectivity index (χ1n) is 9.95. The lowest BCUT2D eigenvalue weighted by molar-refractivity contribution is -0.140. The van der Waals surface area contributed by atoms with Crippen LogP contribution < -0.4 is 9.47 Å². The van der Waals surface area contributed by atoms with Gasteiger partial charge < -0.3 is 24.4 Å². The van der Waals surface area contributed by atoms with Gasteiger partial charge in [-0.1, -0.05) is 12.1 Å². The zero-order chi connectivity index (χ0) is 22.1. The number of ketones is 1. The smallest absolute Gasteiger partial charge is 0.295 e. The van der Waals surface area contributed by atoms with Crippen LogP contribution in [0.2, 0.25) is 0 Å². The molecule has 2 aliphatic heterocycles. The molecule has 162 valence electrons. The Balaban J connectivity index is 1.83. The highest BCUT2D eigenvalue weighted by Crippen LogP contribution is 2.41. The molecule has 0 aromatic heterocycles. The highest BCUT2D eigenvalue weighted by molar-refractivity contribution is 6.46. The summed E-state index contributed by atoms with van der Waals surface area (Å²) in [4.78, 5) is 29.1. The predicted octanol–water partition coefficient (Wildman–Crippen LogP) is 2.58. The van der Waals surface area contributed by atoms with Crippen molar-refractivity contribution in [1.82, 2.24) is 9.80 Å². The van der Waals surface area contributed by atoms with Gasteiger partial charge in [0.25, 0.3) is 11.7 Å². The molecule has 0 saturated carbocycles. The average Bonchev–Trinajstić information content (AvgIpc) is 3.01. The molecule has 2 aromatic rings. The Bertz CT molecular complexity index is 1070. The first-order valence-corrected chi connectivity index (χ1v) is 9.95. The van der Waals surface area contributed by atoms with Gasteiger partial charge in [0.15, 0.2) is 11.5 Å². The summed E-state index contributed by atoms with van der Waals surface area (Å²) in [6, 6.07) is 9.62. The number of hydrogen-bond acceptors (Lipinski definition) is 6. The number of likely N-dealkylation sites (tertiary alicyclic amines) is 1. The number of aliphatic hydroxyl groups excluding tert-OH is 1. The topological polar surface area (TPSA) is 79.3 Å². The SMILES string of the molecule is CN(C)CCN1C(=O)C(=O)/C(=C(/O)c2ccc3c(c2)OCCO3)[C@H]1c1cccc(F)c1. The molecular formula is C23H23FN2O5. The maximum Gasteiger partial charge on any atom is 0.295 e. The van der Waals surface area contributed by atoms with Gasteiger partial charge in [0.1, 0.15) is 24.8 Å². The van der Waals surface area contributed by atoms with Crippen molar-refractivity contribution in [2.75, 3.05) is 40.4 Å². The van der Waals surface area contributed by atoms with Gasteiger partial charge in [-0.05, 0) is 50.0 Å². The first kappa shape index (κ1) is 20.9. The van der Waals surface area contributed by atoms with Crippen LogP contribution in [-0.4, -0.2) is 67.0 Å². The number of rotatable bonds is 5. The third-order valence-electron chi connectivity index (χ3n) is 5.31. The molecule has 0 bridgehead atoms. The highest BCUT2D eigenvalue weighted by Gasteiger charge is 2.46. The van der Waals surface area contributed by atoms with E-state index < -0.39 is 23.5 Å². The number of likely N-dealkylation sites (N-methyl/N-ethyl adjacent to an activating group) is 1. The molecule has 0 unspecified atom stereocenters. The predicted molar refractivity (Wildman–Crippen MR) is 111 cm³/mol. The van der Waals surface area contributed by atoms with Crippen LogP contribution in [0, 0.1) is 5.82 Å². The van der Waals surface area contributed by atoms with Crippen LogP contribution in [0.25, 0.3) is 5.76 Å². The van der Waals surface area contributed by atoms with Crippen molar-refractivity contribution in [3.8, 4) is 11.5 Å². The van der Waals surface area contributed by atoms with Crippen molar-refractivity contribution in [2.24, 2.45) is 0 Å². The Morgan fingerprint density at radius 3 is 2.58 bits per heavy atom. The lowest BCUT2D eigenvalue weighted by Gasteiger charge is -2.26. The number of amides is 1. The van der Waals surface area contributed by atoms with Gasteiger partial charge in [-0.15, -0.1) is 0 Å². The quantitative estimate of drug-likeness (QED) is 0.450. The molecule has 1 fully saturated rings. The van der Waals surface area contributed by atoms with Crippen LogP contribution in [0.3, 0.4) is 0 Å². The van der Waals surface area contributed by atoms with E-state index in [0.717, 1.165) is 0 Å². The minimum absolute atomic E-state index is 0.0777. The Labute approximate surface area is 179 Å². The van der Waals surface area contributed by atoms with E-state index in [9.17, 15) is 19.1 Å². The van der Waals surface area contributed by atoms with Gasteiger partial charge in [-0.25, -0.2) is 4.39 Å². The van der Waals surface area contributed by atoms with Crippen molar-refractivity contribution < 1.29 is 28.6 Å². The second-order valence-corrected chi connectivity index (χ2v) is 7.71. The van der Waals surface area contributed by atoms with Gasteiger partial charge in [0, 0.05) is 18.7 Å². The van der Waals surface area contributed by atoms with E-state index in [1.807, 2.05) is 19.0 Å². The average molecular weight is 426 g/mol. The molecule has 0 spiro atoms. The molecule has 8 heteroatoms. The number of ether oxygens (including phenoxy) is 2. The summed E-state index contributed by atoms with van der Waals surface area (Å²) >= 11 is 0. The molecule has 31 heavy (non-hydrogen) atoms. The van der Waals surface area contributed by atoms with Crippen LogP contribution in [0.5, 0.6) is 11.5 Å². The molecule has 1 N–H and O–H groups in total. The summed E-state index contributed by atoms with van der Waals surface area (Å²) in [5, 5.41) is 11.1. The Morgan fingerprint density at radius 1 is 1.13 bits per heavy atom. The number of fused-ring (bicyclic) bond motifs is 1. The summed E-state index contributed by atoms with van der Waals surface area (Å²) in [7, 11) is 3.70. The van der Waals surface area contributed by atoms with Crippen molar-refractivity contribution in [3.05, 3.63) is 65.0 Å². The molecule has 2 heterocycles. The number of halogens is 1. The van der Waals surface area contributed by atoms with Crippen molar-refractivity contribution in [1.29, 1.82) is 0 Å². The fourth-order valence-electron chi connectivity index (χ4n) is 3.79.